The standard InChI is InChI=1S/C15H11N3O3S/c1-10(19)17-13-8-7-12(18(20)21)9-14(13)22-15(16-17)11-5-3-2-4-6-11/h2-9H,1H3. The summed E-state index contributed by atoms with van der Waals surface area (Å²) in [4.78, 5) is 23.0. The highest BCUT2D eigenvalue weighted by Crippen LogP contribution is 2.39. The van der Waals surface area contributed by atoms with E-state index < -0.39 is 4.92 Å². The number of nitro benzene ring substituents is 1. The van der Waals surface area contributed by atoms with E-state index in [9.17, 15) is 14.9 Å². The average molecular weight is 313 g/mol. The van der Waals surface area contributed by atoms with Crippen LogP contribution >= 0.6 is 11.8 Å². The second-order valence-electron chi connectivity index (χ2n) is 4.61. The molecule has 6 nitrogen and oxygen atoms in total. The number of hydrazone groups is 1. The summed E-state index contributed by atoms with van der Waals surface area (Å²) in [6.07, 6.45) is 0. The molecular weight excluding hydrogens is 302 g/mol. The van der Waals surface area contributed by atoms with Gasteiger partial charge in [-0.1, -0.05) is 42.1 Å². The molecule has 0 radical (unpaired) electrons. The minimum atomic E-state index is -0.452. The molecule has 7 heteroatoms. The predicted molar refractivity (Wildman–Crippen MR) is 85.1 cm³/mol. The van der Waals surface area contributed by atoms with Crippen LogP contribution in [0, 0.1) is 10.1 Å². The van der Waals surface area contributed by atoms with Crippen LogP contribution in [0.15, 0.2) is 58.5 Å². The molecule has 1 heterocycles. The molecule has 1 aliphatic rings. The van der Waals surface area contributed by atoms with Gasteiger partial charge in [0.05, 0.1) is 10.6 Å². The number of hydrogen-bond donors (Lipinski definition) is 0. The second kappa shape index (κ2) is 5.61. The van der Waals surface area contributed by atoms with E-state index in [1.165, 1.54) is 35.8 Å². The molecule has 0 bridgehead atoms. The quantitative estimate of drug-likeness (QED) is 0.629. The number of nitro groups is 1. The molecule has 22 heavy (non-hydrogen) atoms. The van der Waals surface area contributed by atoms with E-state index in [0.29, 0.717) is 15.6 Å². The van der Waals surface area contributed by atoms with Gasteiger partial charge in [0.2, 0.25) is 5.91 Å². The lowest BCUT2D eigenvalue weighted by atomic mass is 10.2. The highest BCUT2D eigenvalue weighted by atomic mass is 32.2. The predicted octanol–water partition coefficient (Wildman–Crippen LogP) is 3.42. The Bertz CT molecular complexity index is 790. The molecule has 0 unspecified atom stereocenters. The fraction of sp³-hybridized carbons (Fsp3) is 0.0667. The zero-order chi connectivity index (χ0) is 15.7. The van der Waals surface area contributed by atoms with E-state index in [-0.39, 0.29) is 11.6 Å². The molecule has 1 aliphatic heterocycles. The number of carbonyl (C=O) groups excluding carboxylic acids is 1. The van der Waals surface area contributed by atoms with Crippen LogP contribution in [0.25, 0.3) is 0 Å². The number of amides is 1. The summed E-state index contributed by atoms with van der Waals surface area (Å²) in [5.41, 5.74) is 1.41. The first-order valence-corrected chi connectivity index (χ1v) is 7.29. The second-order valence-corrected chi connectivity index (χ2v) is 5.64. The van der Waals surface area contributed by atoms with Gasteiger partial charge in [0, 0.05) is 29.5 Å². The molecule has 2 aromatic carbocycles. The summed E-state index contributed by atoms with van der Waals surface area (Å²) >= 11 is 1.31. The molecule has 2 aromatic rings. The molecule has 0 aliphatic carbocycles. The van der Waals surface area contributed by atoms with Gasteiger partial charge in [-0.3, -0.25) is 14.9 Å². The van der Waals surface area contributed by atoms with Crippen molar-refractivity contribution >= 4 is 34.1 Å². The maximum absolute atomic E-state index is 11.8. The van der Waals surface area contributed by atoms with Crippen LogP contribution in [0.2, 0.25) is 0 Å². The zero-order valence-corrected chi connectivity index (χ0v) is 12.4. The topological polar surface area (TPSA) is 75.8 Å². The van der Waals surface area contributed by atoms with E-state index in [0.717, 1.165) is 5.56 Å². The van der Waals surface area contributed by atoms with E-state index in [1.807, 2.05) is 30.3 Å². The number of rotatable bonds is 2. The lowest BCUT2D eigenvalue weighted by Gasteiger charge is -2.24. The first-order chi connectivity index (χ1) is 10.6. The zero-order valence-electron chi connectivity index (χ0n) is 11.6. The van der Waals surface area contributed by atoms with Gasteiger partial charge in [0.15, 0.2) is 0 Å². The molecular formula is C15H11N3O3S. The van der Waals surface area contributed by atoms with Gasteiger partial charge in [-0.2, -0.15) is 10.1 Å². The molecule has 0 saturated carbocycles. The van der Waals surface area contributed by atoms with E-state index in [4.69, 9.17) is 0 Å². The normalized spacial score (nSPS) is 13.3. The molecule has 0 spiro atoms. The van der Waals surface area contributed by atoms with Crippen molar-refractivity contribution in [3.8, 4) is 0 Å². The molecule has 1 amide bonds. The monoisotopic (exact) mass is 313 g/mol. The van der Waals surface area contributed by atoms with Crippen molar-refractivity contribution in [3.63, 3.8) is 0 Å². The Labute approximate surface area is 130 Å². The molecule has 110 valence electrons. The van der Waals surface area contributed by atoms with Gasteiger partial charge in [0.25, 0.3) is 5.69 Å². The third-order valence-electron chi connectivity index (χ3n) is 3.10. The Morgan fingerprint density at radius 3 is 2.59 bits per heavy atom. The highest BCUT2D eigenvalue weighted by Gasteiger charge is 2.25. The van der Waals surface area contributed by atoms with Crippen LogP contribution in [0.4, 0.5) is 11.4 Å². The van der Waals surface area contributed by atoms with E-state index >= 15 is 0 Å². The fourth-order valence-corrected chi connectivity index (χ4v) is 3.10. The molecule has 0 saturated heterocycles. The Morgan fingerprint density at radius 2 is 1.95 bits per heavy atom. The summed E-state index contributed by atoms with van der Waals surface area (Å²) in [6.45, 7) is 1.41. The average Bonchev–Trinajstić information content (AvgIpc) is 2.53. The minimum absolute atomic E-state index is 0.0101. The summed E-state index contributed by atoms with van der Waals surface area (Å²) in [6, 6.07) is 13.8. The number of thioether (sulfide) groups is 1. The lowest BCUT2D eigenvalue weighted by Crippen LogP contribution is -2.27. The van der Waals surface area contributed by atoms with Crippen molar-refractivity contribution in [2.75, 3.05) is 5.01 Å². The van der Waals surface area contributed by atoms with Crippen LogP contribution < -0.4 is 5.01 Å². The third kappa shape index (κ3) is 2.58. The van der Waals surface area contributed by atoms with Gasteiger partial charge in [0.1, 0.15) is 5.04 Å². The minimum Gasteiger partial charge on any atom is -0.273 e. The molecule has 0 aromatic heterocycles. The van der Waals surface area contributed by atoms with Crippen molar-refractivity contribution in [1.82, 2.24) is 0 Å². The Morgan fingerprint density at radius 1 is 1.23 bits per heavy atom. The first-order valence-electron chi connectivity index (χ1n) is 6.47. The SMILES string of the molecule is CC(=O)N1N=C(c2ccccc2)Sc2cc([N+](=O)[O-])ccc21. The fourth-order valence-electron chi connectivity index (χ4n) is 2.08. The van der Waals surface area contributed by atoms with Crippen molar-refractivity contribution in [2.45, 2.75) is 11.8 Å². The van der Waals surface area contributed by atoms with Crippen molar-refractivity contribution in [1.29, 1.82) is 0 Å². The van der Waals surface area contributed by atoms with Gasteiger partial charge in [-0.25, -0.2) is 0 Å². The summed E-state index contributed by atoms with van der Waals surface area (Å²) in [5, 5.41) is 17.2. The van der Waals surface area contributed by atoms with E-state index in [2.05, 4.69) is 5.10 Å². The summed E-state index contributed by atoms with van der Waals surface area (Å²) < 4.78 is 0. The van der Waals surface area contributed by atoms with Crippen LogP contribution in [0.3, 0.4) is 0 Å². The number of nitrogens with zero attached hydrogens (tertiary/aromatic N) is 3. The Kier molecular flexibility index (Phi) is 3.64. The van der Waals surface area contributed by atoms with Gasteiger partial charge >= 0.3 is 0 Å². The summed E-state index contributed by atoms with van der Waals surface area (Å²) in [7, 11) is 0. The molecule has 3 rings (SSSR count). The number of hydrogen-bond acceptors (Lipinski definition) is 5. The van der Waals surface area contributed by atoms with Crippen LogP contribution in [0.1, 0.15) is 12.5 Å². The maximum atomic E-state index is 11.8. The lowest BCUT2D eigenvalue weighted by molar-refractivity contribution is -0.385. The molecule has 0 fully saturated rings. The van der Waals surface area contributed by atoms with E-state index in [1.54, 1.807) is 6.07 Å². The van der Waals surface area contributed by atoms with Crippen LogP contribution in [0.5, 0.6) is 0 Å². The Hall–Kier alpha value is -2.67. The summed E-state index contributed by atoms with van der Waals surface area (Å²) in [5.74, 6) is -0.246. The number of carbonyl (C=O) groups is 1. The number of benzene rings is 2. The number of non-ortho nitro benzene ring substituents is 1. The van der Waals surface area contributed by atoms with Gasteiger partial charge < -0.3 is 0 Å². The van der Waals surface area contributed by atoms with Crippen LogP contribution in [-0.2, 0) is 4.79 Å². The number of fused-ring (bicyclic) bond motifs is 1. The highest BCUT2D eigenvalue weighted by molar-refractivity contribution is 8.14. The van der Waals surface area contributed by atoms with Gasteiger partial charge in [-0.05, 0) is 6.07 Å². The smallest absolute Gasteiger partial charge is 0.270 e. The van der Waals surface area contributed by atoms with Crippen molar-refractivity contribution in [2.24, 2.45) is 5.10 Å². The molecule has 0 atom stereocenters. The van der Waals surface area contributed by atoms with Crippen molar-refractivity contribution in [3.05, 3.63) is 64.2 Å². The third-order valence-corrected chi connectivity index (χ3v) is 4.16. The van der Waals surface area contributed by atoms with Crippen molar-refractivity contribution < 1.29 is 9.72 Å². The van der Waals surface area contributed by atoms with Gasteiger partial charge in [-0.15, -0.1) is 0 Å². The Balaban J connectivity index is 2.10. The number of anilines is 1. The largest absolute Gasteiger partial charge is 0.273 e. The maximum Gasteiger partial charge on any atom is 0.270 e. The molecule has 0 N–H and O–H groups in total. The first kappa shape index (κ1) is 14.3. The van der Waals surface area contributed by atoms with Crippen LogP contribution in [-0.4, -0.2) is 15.9 Å².